The molecule has 24 heavy (non-hydrogen) atoms. The minimum atomic E-state index is -0.491. The number of hydrogen-bond acceptors (Lipinski definition) is 3. The van der Waals surface area contributed by atoms with E-state index >= 15 is 0 Å². The Hall–Kier alpha value is -2.88. The van der Waals surface area contributed by atoms with E-state index in [1.165, 1.54) is 6.08 Å². The highest BCUT2D eigenvalue weighted by Crippen LogP contribution is 2.39. The van der Waals surface area contributed by atoms with E-state index < -0.39 is 5.97 Å². The number of para-hydroxylation sites is 1. The average molecular weight is 321 g/mol. The standard InChI is InChI=1S/C20H19NO3/c1-3-24-18(22)12-17-16-11-7-8-14(2)19(16)21(20(17)23)13-15-9-5-4-6-10-15/h4-12H,3,13H2,1-2H3/b17-12+. The summed E-state index contributed by atoms with van der Waals surface area (Å²) in [5, 5.41) is 0. The molecule has 0 aromatic heterocycles. The number of carbonyl (C=O) groups excluding carboxylic acids is 2. The number of carbonyl (C=O) groups is 2. The third-order valence-electron chi connectivity index (χ3n) is 4.01. The Balaban J connectivity index is 2.03. The van der Waals surface area contributed by atoms with Gasteiger partial charge in [-0.25, -0.2) is 4.79 Å². The average Bonchev–Trinajstić information content (AvgIpc) is 2.83. The fourth-order valence-electron chi connectivity index (χ4n) is 2.95. The maximum Gasteiger partial charge on any atom is 0.331 e. The summed E-state index contributed by atoms with van der Waals surface area (Å²) in [6, 6.07) is 15.5. The Morgan fingerprint density at radius 2 is 1.88 bits per heavy atom. The van der Waals surface area contributed by atoms with Gasteiger partial charge in [0.1, 0.15) is 0 Å². The highest BCUT2D eigenvalue weighted by Gasteiger charge is 2.34. The maximum absolute atomic E-state index is 12.9. The second-order valence-electron chi connectivity index (χ2n) is 5.66. The smallest absolute Gasteiger partial charge is 0.331 e. The Morgan fingerprint density at radius 1 is 1.12 bits per heavy atom. The summed E-state index contributed by atoms with van der Waals surface area (Å²) in [7, 11) is 0. The molecule has 0 atom stereocenters. The van der Waals surface area contributed by atoms with Crippen molar-refractivity contribution in [1.82, 2.24) is 0 Å². The number of rotatable bonds is 4. The molecule has 0 radical (unpaired) electrons. The predicted molar refractivity (Wildman–Crippen MR) is 93.4 cm³/mol. The molecule has 2 aromatic rings. The molecule has 3 rings (SSSR count). The van der Waals surface area contributed by atoms with Gasteiger partial charge in [-0.1, -0.05) is 48.5 Å². The van der Waals surface area contributed by atoms with Crippen LogP contribution in [0.15, 0.2) is 54.6 Å². The van der Waals surface area contributed by atoms with Crippen LogP contribution in [0.3, 0.4) is 0 Å². The zero-order chi connectivity index (χ0) is 17.1. The highest BCUT2D eigenvalue weighted by molar-refractivity contribution is 6.34. The van der Waals surface area contributed by atoms with Gasteiger partial charge in [0.15, 0.2) is 0 Å². The lowest BCUT2D eigenvalue weighted by atomic mass is 10.0. The Morgan fingerprint density at radius 3 is 2.58 bits per heavy atom. The number of benzene rings is 2. The molecule has 1 aliphatic rings. The number of hydrogen-bond donors (Lipinski definition) is 0. The largest absolute Gasteiger partial charge is 0.463 e. The van der Waals surface area contributed by atoms with Crippen LogP contribution in [0.5, 0.6) is 0 Å². The lowest BCUT2D eigenvalue weighted by Crippen LogP contribution is -2.26. The van der Waals surface area contributed by atoms with E-state index in [1.54, 1.807) is 11.8 Å². The molecule has 0 bridgehead atoms. The molecule has 4 nitrogen and oxygen atoms in total. The van der Waals surface area contributed by atoms with Gasteiger partial charge in [-0.3, -0.25) is 4.79 Å². The molecule has 4 heteroatoms. The third kappa shape index (κ3) is 2.95. The molecule has 1 aliphatic heterocycles. The molecule has 0 aliphatic carbocycles. The Labute approximate surface area is 141 Å². The molecule has 1 heterocycles. The van der Waals surface area contributed by atoms with Crippen LogP contribution >= 0.6 is 0 Å². The van der Waals surface area contributed by atoms with Crippen LogP contribution in [0.4, 0.5) is 5.69 Å². The lowest BCUT2D eigenvalue weighted by molar-refractivity contribution is -0.137. The fraction of sp³-hybridized carbons (Fsp3) is 0.200. The number of ether oxygens (including phenoxy) is 1. The number of aryl methyl sites for hydroxylation is 1. The molecule has 0 saturated carbocycles. The molecule has 0 unspecified atom stereocenters. The monoisotopic (exact) mass is 321 g/mol. The lowest BCUT2D eigenvalue weighted by Gasteiger charge is -2.19. The molecular formula is C20H19NO3. The number of esters is 1. The quantitative estimate of drug-likeness (QED) is 0.640. The van der Waals surface area contributed by atoms with Crippen LogP contribution in [-0.2, 0) is 20.9 Å². The predicted octanol–water partition coefficient (Wildman–Crippen LogP) is 3.49. The van der Waals surface area contributed by atoms with Crippen LogP contribution in [0.1, 0.15) is 23.6 Å². The van der Waals surface area contributed by atoms with Crippen LogP contribution < -0.4 is 4.90 Å². The molecule has 0 fully saturated rings. The van der Waals surface area contributed by atoms with Crippen molar-refractivity contribution in [2.24, 2.45) is 0 Å². The van der Waals surface area contributed by atoms with E-state index in [2.05, 4.69) is 0 Å². The van der Waals surface area contributed by atoms with Gasteiger partial charge in [0.05, 0.1) is 24.4 Å². The van der Waals surface area contributed by atoms with Crippen molar-refractivity contribution in [2.75, 3.05) is 11.5 Å². The van der Waals surface area contributed by atoms with E-state index in [0.717, 1.165) is 22.4 Å². The van der Waals surface area contributed by atoms with Gasteiger partial charge in [0, 0.05) is 11.6 Å². The zero-order valence-corrected chi connectivity index (χ0v) is 13.8. The molecule has 0 saturated heterocycles. The van der Waals surface area contributed by atoms with Crippen LogP contribution in [0.25, 0.3) is 5.57 Å². The van der Waals surface area contributed by atoms with Crippen molar-refractivity contribution in [2.45, 2.75) is 20.4 Å². The number of anilines is 1. The van der Waals surface area contributed by atoms with Crippen molar-refractivity contribution in [3.8, 4) is 0 Å². The molecule has 2 aromatic carbocycles. The van der Waals surface area contributed by atoms with Gasteiger partial charge < -0.3 is 9.64 Å². The molecular weight excluding hydrogens is 302 g/mol. The van der Waals surface area contributed by atoms with Crippen LogP contribution in [-0.4, -0.2) is 18.5 Å². The van der Waals surface area contributed by atoms with Crippen molar-refractivity contribution in [1.29, 1.82) is 0 Å². The molecule has 122 valence electrons. The summed E-state index contributed by atoms with van der Waals surface area (Å²) in [5.74, 6) is -0.661. The summed E-state index contributed by atoms with van der Waals surface area (Å²) in [5.41, 5.74) is 4.08. The van der Waals surface area contributed by atoms with Crippen LogP contribution in [0, 0.1) is 6.92 Å². The Bertz CT molecular complexity index is 809. The molecule has 0 spiro atoms. The summed E-state index contributed by atoms with van der Waals surface area (Å²) >= 11 is 0. The van der Waals surface area contributed by atoms with Crippen molar-refractivity contribution < 1.29 is 14.3 Å². The van der Waals surface area contributed by atoms with Gasteiger partial charge in [-0.15, -0.1) is 0 Å². The van der Waals surface area contributed by atoms with Gasteiger partial charge in [0.2, 0.25) is 0 Å². The van der Waals surface area contributed by atoms with E-state index in [4.69, 9.17) is 4.74 Å². The molecule has 1 amide bonds. The first-order chi connectivity index (χ1) is 11.6. The highest BCUT2D eigenvalue weighted by atomic mass is 16.5. The van der Waals surface area contributed by atoms with Crippen molar-refractivity contribution in [3.05, 3.63) is 71.3 Å². The first-order valence-electron chi connectivity index (χ1n) is 7.96. The number of nitrogens with zero attached hydrogens (tertiary/aromatic N) is 1. The first kappa shape index (κ1) is 16.0. The van der Waals surface area contributed by atoms with Gasteiger partial charge >= 0.3 is 5.97 Å². The summed E-state index contributed by atoms with van der Waals surface area (Å²) in [4.78, 5) is 26.5. The topological polar surface area (TPSA) is 46.6 Å². The number of amides is 1. The Kier molecular flexibility index (Phi) is 4.47. The summed E-state index contributed by atoms with van der Waals surface area (Å²) in [6.07, 6.45) is 1.30. The maximum atomic E-state index is 12.9. The minimum absolute atomic E-state index is 0.170. The second-order valence-corrected chi connectivity index (χ2v) is 5.66. The van der Waals surface area contributed by atoms with E-state index in [9.17, 15) is 9.59 Å². The SMILES string of the molecule is CCOC(=O)/C=C1/C(=O)N(Cc2ccccc2)c2c(C)cccc21. The van der Waals surface area contributed by atoms with Crippen molar-refractivity contribution in [3.63, 3.8) is 0 Å². The van der Waals surface area contributed by atoms with Gasteiger partial charge in [-0.2, -0.15) is 0 Å². The van der Waals surface area contributed by atoms with Crippen molar-refractivity contribution >= 4 is 23.1 Å². The van der Waals surface area contributed by atoms with E-state index in [1.807, 2.05) is 55.5 Å². The van der Waals surface area contributed by atoms with Gasteiger partial charge in [0.25, 0.3) is 5.91 Å². The number of fused-ring (bicyclic) bond motifs is 1. The second kappa shape index (κ2) is 6.71. The van der Waals surface area contributed by atoms with E-state index in [0.29, 0.717) is 12.1 Å². The first-order valence-corrected chi connectivity index (χ1v) is 7.96. The van der Waals surface area contributed by atoms with Gasteiger partial charge in [-0.05, 0) is 25.0 Å². The fourth-order valence-corrected chi connectivity index (χ4v) is 2.95. The normalized spacial score (nSPS) is 14.8. The summed E-state index contributed by atoms with van der Waals surface area (Å²) in [6.45, 7) is 4.47. The zero-order valence-electron chi connectivity index (χ0n) is 13.8. The van der Waals surface area contributed by atoms with E-state index in [-0.39, 0.29) is 12.5 Å². The minimum Gasteiger partial charge on any atom is -0.463 e. The third-order valence-corrected chi connectivity index (χ3v) is 4.01. The van der Waals surface area contributed by atoms with Crippen LogP contribution in [0.2, 0.25) is 0 Å². The molecule has 0 N–H and O–H groups in total. The summed E-state index contributed by atoms with van der Waals surface area (Å²) < 4.78 is 4.96.